The normalized spacial score (nSPS) is 17.4. The van der Waals surface area contributed by atoms with Crippen molar-refractivity contribution in [3.05, 3.63) is 23.9 Å². The van der Waals surface area contributed by atoms with Crippen LogP contribution in [0.1, 0.15) is 50.0 Å². The number of anilines is 1. The summed E-state index contributed by atoms with van der Waals surface area (Å²) in [6.45, 7) is 4.93. The zero-order valence-corrected chi connectivity index (χ0v) is 11.1. The molecule has 0 bridgehead atoms. The highest BCUT2D eigenvalue weighted by molar-refractivity contribution is 5.93. The van der Waals surface area contributed by atoms with Crippen LogP contribution in [0, 0.1) is 0 Å². The molecule has 1 fully saturated rings. The second-order valence-electron chi connectivity index (χ2n) is 5.16. The molecule has 0 unspecified atom stereocenters. The summed E-state index contributed by atoms with van der Waals surface area (Å²) in [6.07, 6.45) is 4.51. The Morgan fingerprint density at radius 2 is 2.11 bits per heavy atom. The molecule has 1 aromatic rings. The van der Waals surface area contributed by atoms with Crippen LogP contribution in [0.3, 0.4) is 0 Å². The van der Waals surface area contributed by atoms with Crippen LogP contribution in [0.5, 0.6) is 0 Å². The van der Waals surface area contributed by atoms with E-state index in [4.69, 9.17) is 0 Å². The van der Waals surface area contributed by atoms with Gasteiger partial charge in [-0.25, -0.2) is 4.98 Å². The van der Waals surface area contributed by atoms with Crippen molar-refractivity contribution in [3.8, 4) is 0 Å². The Kier molecular flexibility index (Phi) is 3.84. The molecule has 2 rings (SSSR count). The molecule has 4 heteroatoms. The van der Waals surface area contributed by atoms with Crippen LogP contribution < -0.4 is 10.6 Å². The second-order valence-corrected chi connectivity index (χ2v) is 5.16. The van der Waals surface area contributed by atoms with Gasteiger partial charge in [0, 0.05) is 12.1 Å². The van der Waals surface area contributed by atoms with Crippen molar-refractivity contribution in [2.45, 2.75) is 45.1 Å². The van der Waals surface area contributed by atoms with Crippen molar-refractivity contribution in [3.63, 3.8) is 0 Å². The number of hydrogen-bond acceptors (Lipinski definition) is 3. The predicted octanol–water partition coefficient (Wildman–Crippen LogP) is 2.58. The minimum absolute atomic E-state index is 0.0487. The summed E-state index contributed by atoms with van der Waals surface area (Å²) in [7, 11) is 0. The van der Waals surface area contributed by atoms with E-state index in [1.165, 1.54) is 12.8 Å². The van der Waals surface area contributed by atoms with Crippen LogP contribution in [0.2, 0.25) is 0 Å². The SMILES string of the molecule is CCNc1cccc(C(=O)NC2(C)CCCC2)n1. The van der Waals surface area contributed by atoms with Gasteiger partial charge in [0.2, 0.25) is 0 Å². The van der Waals surface area contributed by atoms with Crippen molar-refractivity contribution in [2.24, 2.45) is 0 Å². The van der Waals surface area contributed by atoms with Crippen molar-refractivity contribution in [1.29, 1.82) is 0 Å². The molecule has 1 aromatic heterocycles. The number of carbonyl (C=O) groups excluding carboxylic acids is 1. The topological polar surface area (TPSA) is 54.0 Å². The third kappa shape index (κ3) is 3.00. The Morgan fingerprint density at radius 1 is 1.39 bits per heavy atom. The van der Waals surface area contributed by atoms with Crippen LogP contribution in [0.4, 0.5) is 5.82 Å². The molecule has 0 aliphatic heterocycles. The minimum atomic E-state index is -0.0702. The molecular formula is C14H21N3O. The number of nitrogens with zero attached hydrogens (tertiary/aromatic N) is 1. The van der Waals surface area contributed by atoms with Gasteiger partial charge in [-0.15, -0.1) is 0 Å². The summed E-state index contributed by atoms with van der Waals surface area (Å²) in [5.41, 5.74) is 0.439. The van der Waals surface area contributed by atoms with Crippen molar-refractivity contribution in [2.75, 3.05) is 11.9 Å². The van der Waals surface area contributed by atoms with E-state index in [0.717, 1.165) is 25.2 Å². The van der Waals surface area contributed by atoms with Crippen LogP contribution in [-0.4, -0.2) is 23.0 Å². The first-order valence-corrected chi connectivity index (χ1v) is 6.66. The summed E-state index contributed by atoms with van der Waals surface area (Å²) in [6, 6.07) is 5.49. The maximum atomic E-state index is 12.2. The first kappa shape index (κ1) is 12.9. The van der Waals surface area contributed by atoms with Gasteiger partial charge in [0.25, 0.3) is 5.91 Å². The van der Waals surface area contributed by atoms with E-state index in [2.05, 4.69) is 22.5 Å². The van der Waals surface area contributed by atoms with Crippen molar-refractivity contribution < 1.29 is 4.79 Å². The van der Waals surface area contributed by atoms with E-state index in [9.17, 15) is 4.79 Å². The lowest BCUT2D eigenvalue weighted by Gasteiger charge is -2.25. The van der Waals surface area contributed by atoms with E-state index in [0.29, 0.717) is 5.69 Å². The van der Waals surface area contributed by atoms with Crippen LogP contribution in [0.25, 0.3) is 0 Å². The highest BCUT2D eigenvalue weighted by Crippen LogP contribution is 2.29. The Bertz CT molecular complexity index is 425. The molecule has 1 aliphatic rings. The van der Waals surface area contributed by atoms with E-state index in [1.54, 1.807) is 6.07 Å². The Labute approximate surface area is 108 Å². The largest absolute Gasteiger partial charge is 0.370 e. The Hall–Kier alpha value is -1.58. The maximum absolute atomic E-state index is 12.2. The lowest BCUT2D eigenvalue weighted by molar-refractivity contribution is 0.0903. The number of carbonyl (C=O) groups is 1. The molecule has 0 spiro atoms. The van der Waals surface area contributed by atoms with E-state index < -0.39 is 0 Å². The summed E-state index contributed by atoms with van der Waals surface area (Å²) < 4.78 is 0. The average Bonchev–Trinajstić information content (AvgIpc) is 2.76. The van der Waals surface area contributed by atoms with Gasteiger partial charge in [-0.05, 0) is 38.8 Å². The Balaban J connectivity index is 2.06. The number of amides is 1. The van der Waals surface area contributed by atoms with Crippen LogP contribution in [0.15, 0.2) is 18.2 Å². The molecule has 2 N–H and O–H groups in total. The van der Waals surface area contributed by atoms with Gasteiger partial charge >= 0.3 is 0 Å². The fraction of sp³-hybridized carbons (Fsp3) is 0.571. The highest BCUT2D eigenvalue weighted by atomic mass is 16.2. The van der Waals surface area contributed by atoms with E-state index in [1.807, 2.05) is 19.1 Å². The van der Waals surface area contributed by atoms with Gasteiger partial charge in [0.05, 0.1) is 0 Å². The lowest BCUT2D eigenvalue weighted by atomic mass is 10.0. The molecule has 0 atom stereocenters. The number of rotatable bonds is 4. The number of hydrogen-bond donors (Lipinski definition) is 2. The molecule has 1 heterocycles. The zero-order chi connectivity index (χ0) is 13.0. The number of pyridine rings is 1. The molecule has 98 valence electrons. The predicted molar refractivity (Wildman–Crippen MR) is 72.7 cm³/mol. The summed E-state index contributed by atoms with van der Waals surface area (Å²) in [5, 5.41) is 6.23. The van der Waals surface area contributed by atoms with Gasteiger partial charge in [0.15, 0.2) is 0 Å². The molecule has 4 nitrogen and oxygen atoms in total. The Morgan fingerprint density at radius 3 is 2.78 bits per heavy atom. The minimum Gasteiger partial charge on any atom is -0.370 e. The molecule has 0 saturated heterocycles. The van der Waals surface area contributed by atoms with E-state index in [-0.39, 0.29) is 11.4 Å². The number of aromatic nitrogens is 1. The fourth-order valence-corrected chi connectivity index (χ4v) is 2.46. The van der Waals surface area contributed by atoms with Gasteiger partial charge in [0.1, 0.15) is 11.5 Å². The first-order chi connectivity index (χ1) is 8.63. The molecule has 0 radical (unpaired) electrons. The summed E-state index contributed by atoms with van der Waals surface area (Å²) in [5.74, 6) is 0.681. The third-order valence-corrected chi connectivity index (χ3v) is 3.46. The maximum Gasteiger partial charge on any atom is 0.270 e. The lowest BCUT2D eigenvalue weighted by Crippen LogP contribution is -2.43. The van der Waals surface area contributed by atoms with Crippen LogP contribution >= 0.6 is 0 Å². The monoisotopic (exact) mass is 247 g/mol. The number of nitrogens with one attached hydrogen (secondary N) is 2. The quantitative estimate of drug-likeness (QED) is 0.859. The second kappa shape index (κ2) is 5.38. The van der Waals surface area contributed by atoms with Gasteiger partial charge < -0.3 is 10.6 Å². The van der Waals surface area contributed by atoms with Crippen molar-refractivity contribution >= 4 is 11.7 Å². The van der Waals surface area contributed by atoms with Gasteiger partial charge in [-0.3, -0.25) is 4.79 Å². The summed E-state index contributed by atoms with van der Waals surface area (Å²) in [4.78, 5) is 16.5. The molecule has 0 aromatic carbocycles. The van der Waals surface area contributed by atoms with Crippen molar-refractivity contribution in [1.82, 2.24) is 10.3 Å². The average molecular weight is 247 g/mol. The molecular weight excluding hydrogens is 226 g/mol. The molecule has 18 heavy (non-hydrogen) atoms. The smallest absolute Gasteiger partial charge is 0.270 e. The molecule has 1 saturated carbocycles. The van der Waals surface area contributed by atoms with E-state index >= 15 is 0 Å². The fourth-order valence-electron chi connectivity index (χ4n) is 2.46. The van der Waals surface area contributed by atoms with Crippen LogP contribution in [-0.2, 0) is 0 Å². The summed E-state index contributed by atoms with van der Waals surface area (Å²) >= 11 is 0. The third-order valence-electron chi connectivity index (χ3n) is 3.46. The molecule has 1 aliphatic carbocycles. The van der Waals surface area contributed by atoms with Gasteiger partial charge in [-0.2, -0.15) is 0 Å². The highest BCUT2D eigenvalue weighted by Gasteiger charge is 2.30. The zero-order valence-electron chi connectivity index (χ0n) is 11.1. The first-order valence-electron chi connectivity index (χ1n) is 6.66. The molecule has 1 amide bonds. The standard InChI is InChI=1S/C14H21N3O/c1-3-15-12-8-6-7-11(16-12)13(18)17-14(2)9-4-5-10-14/h6-8H,3-5,9-10H2,1-2H3,(H,15,16)(H,17,18). The van der Waals surface area contributed by atoms with Gasteiger partial charge in [-0.1, -0.05) is 18.9 Å².